The van der Waals surface area contributed by atoms with Crippen molar-refractivity contribution >= 4 is 5.84 Å². The van der Waals surface area contributed by atoms with Crippen LogP contribution in [0.4, 0.5) is 0 Å². The van der Waals surface area contributed by atoms with Crippen LogP contribution in [0.1, 0.15) is 49.2 Å². The van der Waals surface area contributed by atoms with Gasteiger partial charge in [-0.3, -0.25) is 5.32 Å². The third-order valence-electron chi connectivity index (χ3n) is 5.99. The maximum Gasteiger partial charge on any atom is 0.131 e. The highest BCUT2D eigenvalue weighted by molar-refractivity contribution is 5.99. The first kappa shape index (κ1) is 17.2. The number of amidine groups is 1. The molecule has 3 heteroatoms. The Morgan fingerprint density at radius 2 is 1.54 bits per heavy atom. The molecule has 28 heavy (non-hydrogen) atoms. The van der Waals surface area contributed by atoms with Gasteiger partial charge in [0.05, 0.1) is 6.17 Å². The van der Waals surface area contributed by atoms with Gasteiger partial charge in [0.2, 0.25) is 0 Å². The van der Waals surface area contributed by atoms with Crippen molar-refractivity contribution in [2.75, 3.05) is 0 Å². The zero-order valence-corrected chi connectivity index (χ0v) is 16.5. The molecule has 0 saturated heterocycles. The quantitative estimate of drug-likeness (QED) is 0.670. The van der Waals surface area contributed by atoms with E-state index in [-0.39, 0.29) is 17.7 Å². The Labute approximate surface area is 166 Å². The number of fused-ring (bicyclic) bond motifs is 3. The topological polar surface area (TPSA) is 36.4 Å². The standard InChI is InChI=1S/C25H25N3/c1-16-26-23(17-9-5-4-6-10-17)28-24(27-16)18-13-14-20-19-11-7-8-12-21(19)25(2,3)22(20)15-18/h4-16,24,27H,1-3H3,(H,26,28). The van der Waals surface area contributed by atoms with Gasteiger partial charge in [0, 0.05) is 11.0 Å². The lowest BCUT2D eigenvalue weighted by molar-refractivity contribution is 0.421. The van der Waals surface area contributed by atoms with E-state index < -0.39 is 0 Å². The summed E-state index contributed by atoms with van der Waals surface area (Å²) in [5.74, 6) is 0.944. The highest BCUT2D eigenvalue weighted by atomic mass is 15.3. The Balaban J connectivity index is 1.57. The molecule has 1 aliphatic carbocycles. The summed E-state index contributed by atoms with van der Waals surface area (Å²) in [7, 11) is 0. The lowest BCUT2D eigenvalue weighted by atomic mass is 9.82. The van der Waals surface area contributed by atoms with Crippen LogP contribution < -0.4 is 10.6 Å². The van der Waals surface area contributed by atoms with E-state index in [9.17, 15) is 0 Å². The third-order valence-corrected chi connectivity index (χ3v) is 5.99. The monoisotopic (exact) mass is 367 g/mol. The molecule has 0 spiro atoms. The third kappa shape index (κ3) is 2.66. The first-order valence-corrected chi connectivity index (χ1v) is 9.94. The van der Waals surface area contributed by atoms with Gasteiger partial charge >= 0.3 is 0 Å². The van der Waals surface area contributed by atoms with E-state index in [1.165, 1.54) is 27.8 Å². The van der Waals surface area contributed by atoms with Crippen LogP contribution in [-0.4, -0.2) is 12.0 Å². The second kappa shape index (κ2) is 6.32. The maximum atomic E-state index is 4.99. The summed E-state index contributed by atoms with van der Waals surface area (Å²) >= 11 is 0. The Morgan fingerprint density at radius 1 is 0.821 bits per heavy atom. The maximum absolute atomic E-state index is 4.99. The molecule has 2 N–H and O–H groups in total. The molecule has 0 amide bonds. The molecular formula is C25H25N3. The van der Waals surface area contributed by atoms with Crippen LogP contribution >= 0.6 is 0 Å². The van der Waals surface area contributed by atoms with E-state index in [0.717, 1.165) is 11.4 Å². The summed E-state index contributed by atoms with van der Waals surface area (Å²) in [4.78, 5) is 4.99. The number of benzene rings is 3. The average molecular weight is 367 g/mol. The van der Waals surface area contributed by atoms with E-state index in [2.05, 4.69) is 98.1 Å². The van der Waals surface area contributed by atoms with E-state index in [1.54, 1.807) is 0 Å². The minimum atomic E-state index is -0.0590. The lowest BCUT2D eigenvalue weighted by Crippen LogP contribution is -2.49. The highest BCUT2D eigenvalue weighted by Gasteiger charge is 2.35. The molecule has 0 fully saturated rings. The van der Waals surface area contributed by atoms with Crippen LogP contribution in [-0.2, 0) is 5.41 Å². The zero-order valence-electron chi connectivity index (χ0n) is 16.5. The minimum Gasteiger partial charge on any atom is -0.355 e. The molecule has 0 radical (unpaired) electrons. The largest absolute Gasteiger partial charge is 0.355 e. The van der Waals surface area contributed by atoms with Crippen molar-refractivity contribution in [3.8, 4) is 11.1 Å². The highest BCUT2D eigenvalue weighted by Crippen LogP contribution is 2.49. The van der Waals surface area contributed by atoms with Gasteiger partial charge in [0.25, 0.3) is 0 Å². The number of hydrogen-bond acceptors (Lipinski definition) is 3. The summed E-state index contributed by atoms with van der Waals surface area (Å²) in [6.07, 6.45) is 0.0902. The van der Waals surface area contributed by atoms with Crippen molar-refractivity contribution in [3.63, 3.8) is 0 Å². The molecule has 2 aliphatic rings. The van der Waals surface area contributed by atoms with Gasteiger partial charge in [-0.25, -0.2) is 4.99 Å². The van der Waals surface area contributed by atoms with Crippen LogP contribution in [0.3, 0.4) is 0 Å². The molecule has 0 aromatic heterocycles. The normalized spacial score (nSPS) is 22.0. The first-order chi connectivity index (χ1) is 13.5. The second-order valence-electron chi connectivity index (χ2n) is 8.25. The predicted octanol–water partition coefficient (Wildman–Crippen LogP) is 4.98. The van der Waals surface area contributed by atoms with Gasteiger partial charge in [-0.15, -0.1) is 0 Å². The zero-order chi connectivity index (χ0) is 19.3. The van der Waals surface area contributed by atoms with Crippen LogP contribution in [0.15, 0.2) is 77.8 Å². The lowest BCUT2D eigenvalue weighted by Gasteiger charge is -2.30. The van der Waals surface area contributed by atoms with Gasteiger partial charge in [-0.1, -0.05) is 86.6 Å². The molecule has 5 rings (SSSR count). The number of aliphatic imine (C=N–C) groups is 1. The molecule has 0 bridgehead atoms. The molecule has 2 atom stereocenters. The van der Waals surface area contributed by atoms with Crippen molar-refractivity contribution in [2.24, 2.45) is 4.99 Å². The fourth-order valence-corrected chi connectivity index (χ4v) is 4.50. The van der Waals surface area contributed by atoms with Gasteiger partial charge in [-0.2, -0.15) is 0 Å². The van der Waals surface area contributed by atoms with E-state index in [4.69, 9.17) is 4.99 Å². The fraction of sp³-hybridized carbons (Fsp3) is 0.240. The van der Waals surface area contributed by atoms with Crippen molar-refractivity contribution in [1.82, 2.24) is 10.6 Å². The SMILES string of the molecule is CC1NC(c2ccccc2)=NC(c2ccc3c(c2)C(C)(C)c2ccccc2-3)N1. The van der Waals surface area contributed by atoms with E-state index >= 15 is 0 Å². The van der Waals surface area contributed by atoms with Crippen molar-refractivity contribution in [1.29, 1.82) is 0 Å². The van der Waals surface area contributed by atoms with E-state index in [1.807, 2.05) is 6.07 Å². The molecule has 1 aliphatic heterocycles. The predicted molar refractivity (Wildman–Crippen MR) is 115 cm³/mol. The Morgan fingerprint density at radius 3 is 2.36 bits per heavy atom. The average Bonchev–Trinajstić information content (AvgIpc) is 2.95. The number of nitrogens with one attached hydrogen (secondary N) is 2. The molecular weight excluding hydrogens is 342 g/mol. The molecule has 3 nitrogen and oxygen atoms in total. The van der Waals surface area contributed by atoms with Gasteiger partial charge in [0.15, 0.2) is 0 Å². The van der Waals surface area contributed by atoms with Gasteiger partial charge in [0.1, 0.15) is 12.0 Å². The fourth-order valence-electron chi connectivity index (χ4n) is 4.50. The minimum absolute atomic E-state index is 0.00639. The Bertz CT molecular complexity index is 1070. The number of nitrogens with zero attached hydrogens (tertiary/aromatic N) is 1. The van der Waals surface area contributed by atoms with Gasteiger partial charge in [-0.05, 0) is 34.7 Å². The molecule has 3 aromatic rings. The Kier molecular flexibility index (Phi) is 3.88. The number of rotatable bonds is 2. The second-order valence-corrected chi connectivity index (χ2v) is 8.25. The summed E-state index contributed by atoms with van der Waals surface area (Å²) in [5.41, 5.74) is 7.83. The summed E-state index contributed by atoms with van der Waals surface area (Å²) in [6.45, 7) is 6.77. The molecule has 0 saturated carbocycles. The summed E-state index contributed by atoms with van der Waals surface area (Å²) in [5, 5.41) is 7.03. The number of hydrogen-bond donors (Lipinski definition) is 2. The van der Waals surface area contributed by atoms with E-state index in [0.29, 0.717) is 0 Å². The summed E-state index contributed by atoms with van der Waals surface area (Å²) in [6, 6.07) is 25.9. The summed E-state index contributed by atoms with van der Waals surface area (Å²) < 4.78 is 0. The first-order valence-electron chi connectivity index (χ1n) is 9.94. The van der Waals surface area contributed by atoms with Crippen LogP contribution in [0.25, 0.3) is 11.1 Å². The Hall–Kier alpha value is -2.91. The van der Waals surface area contributed by atoms with Crippen LogP contribution in [0.2, 0.25) is 0 Å². The van der Waals surface area contributed by atoms with Gasteiger partial charge < -0.3 is 5.32 Å². The van der Waals surface area contributed by atoms with Crippen LogP contribution in [0.5, 0.6) is 0 Å². The van der Waals surface area contributed by atoms with Crippen LogP contribution in [0, 0.1) is 0 Å². The molecule has 140 valence electrons. The molecule has 2 unspecified atom stereocenters. The smallest absolute Gasteiger partial charge is 0.131 e. The van der Waals surface area contributed by atoms with Crippen molar-refractivity contribution in [3.05, 3.63) is 95.1 Å². The molecule has 3 aromatic carbocycles. The molecule has 1 heterocycles. The van der Waals surface area contributed by atoms with Crippen molar-refractivity contribution in [2.45, 2.75) is 38.5 Å². The van der Waals surface area contributed by atoms with Crippen molar-refractivity contribution < 1.29 is 0 Å².